The number of alkyl halides is 8. The Morgan fingerprint density at radius 3 is 1.35 bits per heavy atom. The highest BCUT2D eigenvalue weighted by Crippen LogP contribution is 2.43. The molecule has 0 unspecified atom stereocenters. The molecule has 0 aromatic rings. The fourth-order valence-electron chi connectivity index (χ4n) is 1.40. The number of ether oxygens (including phenoxy) is 2. The molecule has 0 rings (SSSR count). The first-order valence-electron chi connectivity index (χ1n) is 7.81. The van der Waals surface area contributed by atoms with Crippen molar-refractivity contribution in [2.45, 2.75) is 38.3 Å². The van der Waals surface area contributed by atoms with Crippen LogP contribution in [0, 0.1) is 0 Å². The molecule has 0 fully saturated rings. The van der Waals surface area contributed by atoms with Crippen LogP contribution < -0.4 is 21.3 Å². The lowest BCUT2D eigenvalue weighted by Gasteiger charge is -2.30. The van der Waals surface area contributed by atoms with Gasteiger partial charge in [0.1, 0.15) is 0 Å². The monoisotopic (exact) mass is 476 g/mol. The van der Waals surface area contributed by atoms with Gasteiger partial charge in [-0.25, -0.2) is 9.47 Å². The molecule has 0 spiro atoms. The minimum absolute atomic E-state index is 0.452. The van der Waals surface area contributed by atoms with Crippen LogP contribution in [0.15, 0.2) is 0 Å². The Balaban J connectivity index is 5.10. The molecule has 0 bridgehead atoms. The summed E-state index contributed by atoms with van der Waals surface area (Å²) in [6.45, 7) is -0.363. The molecule has 0 heterocycles. The highest BCUT2D eigenvalue weighted by atomic mass is 19.3. The lowest BCUT2D eigenvalue weighted by atomic mass is 10.4. The first-order valence-corrected chi connectivity index (χ1v) is 7.81. The van der Waals surface area contributed by atoms with E-state index in [0.717, 1.165) is 19.2 Å². The van der Waals surface area contributed by atoms with Crippen LogP contribution in [0.1, 0.15) is 13.8 Å². The third-order valence-corrected chi connectivity index (χ3v) is 2.75. The molecule has 0 aromatic carbocycles. The van der Waals surface area contributed by atoms with E-state index in [1.54, 1.807) is 5.32 Å². The number of hydrogen-bond donors (Lipinski definition) is 4. The minimum Gasteiger partial charge on any atom is -0.355 e. The van der Waals surface area contributed by atoms with E-state index in [1.807, 2.05) is 5.32 Å². The summed E-state index contributed by atoms with van der Waals surface area (Å²) in [5.74, 6) is -6.91. The zero-order valence-corrected chi connectivity index (χ0v) is 15.6. The average Bonchev–Trinajstić information content (AvgIpc) is 2.55. The van der Waals surface area contributed by atoms with Crippen molar-refractivity contribution in [3.05, 3.63) is 0 Å². The van der Waals surface area contributed by atoms with Crippen molar-refractivity contribution in [2.75, 3.05) is 19.8 Å². The van der Waals surface area contributed by atoms with Gasteiger partial charge < -0.3 is 21.3 Å². The maximum absolute atomic E-state index is 13.4. The molecule has 0 saturated carbocycles. The summed E-state index contributed by atoms with van der Waals surface area (Å²) in [6.07, 6.45) is -24.4. The summed E-state index contributed by atoms with van der Waals surface area (Å²) in [7, 11) is 0. The smallest absolute Gasteiger partial charge is 0.355 e. The molecule has 31 heavy (non-hydrogen) atoms. The number of halogens is 8. The van der Waals surface area contributed by atoms with Crippen molar-refractivity contribution in [1.29, 1.82) is 0 Å². The highest BCUT2D eigenvalue weighted by molar-refractivity contribution is 5.82. The second-order valence-corrected chi connectivity index (χ2v) is 5.43. The molecule has 10 nitrogen and oxygen atoms in total. The van der Waals surface area contributed by atoms with E-state index in [0.29, 0.717) is 0 Å². The number of hydrogen-bond acceptors (Lipinski definition) is 6. The van der Waals surface area contributed by atoms with E-state index in [9.17, 15) is 54.3 Å². The fourth-order valence-corrected chi connectivity index (χ4v) is 1.40. The number of rotatable bonds is 12. The summed E-state index contributed by atoms with van der Waals surface area (Å²) in [4.78, 5) is 43.2. The van der Waals surface area contributed by atoms with Crippen LogP contribution >= 0.6 is 0 Å². The van der Waals surface area contributed by atoms with E-state index in [4.69, 9.17) is 0 Å². The van der Waals surface area contributed by atoms with Gasteiger partial charge in [0.15, 0.2) is 0 Å². The fraction of sp³-hybridized carbons (Fsp3) is 0.692. The van der Waals surface area contributed by atoms with Crippen molar-refractivity contribution in [3.8, 4) is 0 Å². The van der Waals surface area contributed by atoms with Gasteiger partial charge in [0.25, 0.3) is 0 Å². The van der Waals surface area contributed by atoms with Gasteiger partial charge in [-0.2, -0.15) is 35.1 Å². The van der Waals surface area contributed by atoms with Crippen molar-refractivity contribution in [2.24, 2.45) is 0 Å². The van der Waals surface area contributed by atoms with E-state index in [-0.39, 0.29) is 0 Å². The molecular formula is C13H16F8N4O6. The number of carbonyl (C=O) groups is 4. The second-order valence-electron chi connectivity index (χ2n) is 5.43. The van der Waals surface area contributed by atoms with Crippen molar-refractivity contribution < 1.29 is 63.8 Å². The lowest BCUT2D eigenvalue weighted by Crippen LogP contribution is -2.57. The van der Waals surface area contributed by atoms with E-state index in [2.05, 4.69) is 9.47 Å². The van der Waals surface area contributed by atoms with Gasteiger partial charge in [0, 0.05) is 26.9 Å². The van der Waals surface area contributed by atoms with E-state index >= 15 is 0 Å². The Labute approximate surface area is 168 Å². The predicted octanol–water partition coefficient (Wildman–Crippen LogP) is -0.147. The van der Waals surface area contributed by atoms with Gasteiger partial charge in [-0.05, 0) is 0 Å². The van der Waals surface area contributed by atoms with Crippen LogP contribution in [0.4, 0.5) is 35.1 Å². The normalized spacial score (nSPS) is 12.7. The Morgan fingerprint density at radius 1 is 0.613 bits per heavy atom. The molecule has 18 heteroatoms. The average molecular weight is 476 g/mol. The standard InChI is InChI=1S/C13H16F8N4O6/c1-6(26)22-3-4-23-8(28)10(14,15)30-12(18,19)13(20,21)31-11(16,17)9(29)25-5-24-7(2)27/h3-5H2,1-2H3,(H,22,26)(H,23,28)(H,24,27)(H,25,29). The molecule has 0 radical (unpaired) electrons. The van der Waals surface area contributed by atoms with Gasteiger partial charge in [0.2, 0.25) is 11.8 Å². The lowest BCUT2D eigenvalue weighted by molar-refractivity contribution is -0.499. The van der Waals surface area contributed by atoms with Crippen molar-refractivity contribution >= 4 is 23.6 Å². The molecule has 0 aliphatic carbocycles. The summed E-state index contributed by atoms with van der Waals surface area (Å²) in [5, 5.41) is 6.12. The molecule has 4 N–H and O–H groups in total. The van der Waals surface area contributed by atoms with Gasteiger partial charge in [0.05, 0.1) is 6.67 Å². The molecule has 0 aliphatic rings. The molecule has 4 amide bonds. The molecule has 0 atom stereocenters. The predicted molar refractivity (Wildman–Crippen MR) is 80.5 cm³/mol. The SMILES string of the molecule is CC(=O)NCCNC(=O)C(F)(F)OC(F)(F)C(F)(F)OC(F)(F)C(=O)NCNC(C)=O. The number of amides is 4. The molecule has 0 saturated heterocycles. The van der Waals surface area contributed by atoms with Gasteiger partial charge in [-0.1, -0.05) is 0 Å². The van der Waals surface area contributed by atoms with Crippen LogP contribution in [0.2, 0.25) is 0 Å². The molecular weight excluding hydrogens is 460 g/mol. The van der Waals surface area contributed by atoms with Crippen LogP contribution in [-0.4, -0.2) is 67.8 Å². The maximum Gasteiger partial charge on any atom is 0.453 e. The van der Waals surface area contributed by atoms with Crippen molar-refractivity contribution in [3.63, 3.8) is 0 Å². The second kappa shape index (κ2) is 10.5. The quantitative estimate of drug-likeness (QED) is 0.176. The Morgan fingerprint density at radius 2 is 0.968 bits per heavy atom. The summed E-state index contributed by atoms with van der Waals surface area (Å²) in [6, 6.07) is 0. The van der Waals surface area contributed by atoms with Gasteiger partial charge in [-0.15, -0.1) is 0 Å². The zero-order valence-electron chi connectivity index (χ0n) is 15.6. The molecule has 0 aliphatic heterocycles. The first kappa shape index (κ1) is 28.2. The summed E-state index contributed by atoms with van der Waals surface area (Å²) >= 11 is 0. The highest BCUT2D eigenvalue weighted by Gasteiger charge is 2.69. The van der Waals surface area contributed by atoms with Crippen molar-refractivity contribution in [1.82, 2.24) is 21.3 Å². The molecule has 180 valence electrons. The van der Waals surface area contributed by atoms with Crippen LogP contribution in [0.25, 0.3) is 0 Å². The third-order valence-electron chi connectivity index (χ3n) is 2.75. The van der Waals surface area contributed by atoms with Gasteiger partial charge >= 0.3 is 36.2 Å². The van der Waals surface area contributed by atoms with E-state index in [1.165, 1.54) is 5.32 Å². The number of nitrogens with one attached hydrogen (secondary N) is 4. The minimum atomic E-state index is -6.54. The van der Waals surface area contributed by atoms with Crippen LogP contribution in [0.3, 0.4) is 0 Å². The third kappa shape index (κ3) is 9.28. The Kier molecular flexibility index (Phi) is 9.58. The van der Waals surface area contributed by atoms with Gasteiger partial charge in [-0.3, -0.25) is 19.2 Å². The maximum atomic E-state index is 13.4. The largest absolute Gasteiger partial charge is 0.453 e. The molecule has 0 aromatic heterocycles. The van der Waals surface area contributed by atoms with Crippen LogP contribution in [-0.2, 0) is 28.7 Å². The number of carbonyl (C=O) groups excluding carboxylic acids is 4. The zero-order chi connectivity index (χ0) is 24.7. The van der Waals surface area contributed by atoms with Crippen LogP contribution in [0.5, 0.6) is 0 Å². The first-order chi connectivity index (χ1) is 13.8. The summed E-state index contributed by atoms with van der Waals surface area (Å²) in [5.41, 5.74) is 0. The van der Waals surface area contributed by atoms with E-state index < -0.39 is 67.8 Å². The Bertz CT molecular complexity index is 691. The topological polar surface area (TPSA) is 135 Å². The Hall–Kier alpha value is -2.76. The summed E-state index contributed by atoms with van der Waals surface area (Å²) < 4.78 is 112.